The summed E-state index contributed by atoms with van der Waals surface area (Å²) >= 11 is 0. The Balaban J connectivity index is 4.07. The Labute approximate surface area is 128 Å². The van der Waals surface area contributed by atoms with E-state index in [4.69, 9.17) is 9.16 Å². The van der Waals surface area contributed by atoms with Gasteiger partial charge in [-0.25, -0.2) is 4.79 Å². The number of carbonyl (C=O) groups excluding carboxylic acids is 2. The maximum Gasteiger partial charge on any atom is 0.321 e. The average molecular weight is 316 g/mol. The van der Waals surface area contributed by atoms with Crippen LogP contribution in [0.4, 0.5) is 4.79 Å². The molecule has 0 aromatic rings. The molecule has 0 aromatic heterocycles. The summed E-state index contributed by atoms with van der Waals surface area (Å²) in [4.78, 5) is 23.1. The zero-order chi connectivity index (χ0) is 16.7. The topological polar surface area (TPSA) is 76.7 Å². The lowest BCUT2D eigenvalue weighted by Gasteiger charge is -2.36. The van der Waals surface area contributed by atoms with Crippen molar-refractivity contribution in [3.8, 4) is 0 Å². The Hall–Kier alpha value is -1.34. The van der Waals surface area contributed by atoms with Crippen molar-refractivity contribution in [1.29, 1.82) is 0 Å². The molecule has 0 saturated heterocycles. The minimum absolute atomic E-state index is 0.132. The molecule has 0 aliphatic rings. The first-order chi connectivity index (χ1) is 9.51. The first-order valence-corrected chi connectivity index (χ1v) is 9.85. The van der Waals surface area contributed by atoms with Gasteiger partial charge in [0, 0.05) is 12.1 Å². The van der Waals surface area contributed by atoms with Crippen LogP contribution < -0.4 is 10.6 Å². The minimum atomic E-state index is -1.80. The summed E-state index contributed by atoms with van der Waals surface area (Å²) in [6.45, 7) is 13.1. The smallest absolute Gasteiger partial charge is 0.321 e. The number of hydrogen-bond donors (Lipinski definition) is 2. The molecule has 0 spiro atoms. The standard InChI is InChI=1S/C14H28N2O4Si/c1-11(10-19-5)12(17)16-13(18)15-8-9-20-21(6,7)14(2,3)4/h10H,8-9H2,1-7H3,(H2,15,16,17,18). The van der Waals surface area contributed by atoms with Gasteiger partial charge in [-0.2, -0.15) is 0 Å². The van der Waals surface area contributed by atoms with Crippen molar-refractivity contribution in [2.45, 2.75) is 45.8 Å². The van der Waals surface area contributed by atoms with Crippen LogP contribution in [0.2, 0.25) is 18.1 Å². The first-order valence-electron chi connectivity index (χ1n) is 6.94. The maximum atomic E-state index is 11.5. The molecule has 0 saturated carbocycles. The van der Waals surface area contributed by atoms with Crippen LogP contribution in [0.3, 0.4) is 0 Å². The van der Waals surface area contributed by atoms with E-state index in [9.17, 15) is 9.59 Å². The number of ether oxygens (including phenoxy) is 1. The van der Waals surface area contributed by atoms with E-state index in [0.717, 1.165) is 0 Å². The van der Waals surface area contributed by atoms with Crippen LogP contribution in [0, 0.1) is 0 Å². The van der Waals surface area contributed by atoms with E-state index in [1.54, 1.807) is 6.92 Å². The van der Waals surface area contributed by atoms with Crippen molar-refractivity contribution in [3.63, 3.8) is 0 Å². The Morgan fingerprint density at radius 3 is 2.29 bits per heavy atom. The summed E-state index contributed by atoms with van der Waals surface area (Å²) in [6, 6.07) is -0.539. The molecule has 0 radical (unpaired) electrons. The van der Waals surface area contributed by atoms with Crippen molar-refractivity contribution in [2.24, 2.45) is 0 Å². The van der Waals surface area contributed by atoms with Gasteiger partial charge in [-0.3, -0.25) is 10.1 Å². The van der Waals surface area contributed by atoms with Gasteiger partial charge in [0.25, 0.3) is 5.91 Å². The predicted molar refractivity (Wildman–Crippen MR) is 85.5 cm³/mol. The molecule has 0 rings (SSSR count). The highest BCUT2D eigenvalue weighted by atomic mass is 28.4. The Bertz CT molecular complexity index is 400. The van der Waals surface area contributed by atoms with E-state index in [0.29, 0.717) is 18.7 Å². The molecular weight excluding hydrogens is 288 g/mol. The van der Waals surface area contributed by atoms with Crippen molar-refractivity contribution < 1.29 is 18.8 Å². The molecule has 0 aromatic carbocycles. The van der Waals surface area contributed by atoms with Crippen LogP contribution in [0.25, 0.3) is 0 Å². The van der Waals surface area contributed by atoms with Gasteiger partial charge in [-0.15, -0.1) is 0 Å². The van der Waals surface area contributed by atoms with E-state index in [1.165, 1.54) is 13.4 Å². The lowest BCUT2D eigenvalue weighted by Crippen LogP contribution is -2.45. The Morgan fingerprint density at radius 1 is 1.24 bits per heavy atom. The fraction of sp³-hybridized carbons (Fsp3) is 0.714. The molecule has 3 amide bonds. The zero-order valence-electron chi connectivity index (χ0n) is 14.1. The number of imide groups is 1. The van der Waals surface area contributed by atoms with Crippen molar-refractivity contribution in [3.05, 3.63) is 11.8 Å². The number of urea groups is 1. The van der Waals surface area contributed by atoms with E-state index >= 15 is 0 Å². The number of methoxy groups -OCH3 is 1. The molecule has 0 bridgehead atoms. The summed E-state index contributed by atoms with van der Waals surface area (Å²) in [6.07, 6.45) is 1.28. The Morgan fingerprint density at radius 2 is 1.81 bits per heavy atom. The van der Waals surface area contributed by atoms with Gasteiger partial charge in [-0.05, 0) is 25.1 Å². The summed E-state index contributed by atoms with van der Waals surface area (Å²) < 4.78 is 10.6. The molecule has 0 fully saturated rings. The maximum absolute atomic E-state index is 11.5. The van der Waals surface area contributed by atoms with Crippen LogP contribution >= 0.6 is 0 Å². The van der Waals surface area contributed by atoms with Crippen LogP contribution in [-0.2, 0) is 14.0 Å². The van der Waals surface area contributed by atoms with Crippen molar-refractivity contribution in [2.75, 3.05) is 20.3 Å². The van der Waals surface area contributed by atoms with E-state index in [2.05, 4.69) is 44.5 Å². The second-order valence-electron chi connectivity index (χ2n) is 6.36. The zero-order valence-corrected chi connectivity index (χ0v) is 15.1. The van der Waals surface area contributed by atoms with E-state index in [-0.39, 0.29) is 5.04 Å². The number of nitrogens with one attached hydrogen (secondary N) is 2. The van der Waals surface area contributed by atoms with Gasteiger partial charge in [0.15, 0.2) is 8.32 Å². The third kappa shape index (κ3) is 7.28. The number of amides is 3. The normalized spacial score (nSPS) is 12.8. The molecule has 0 atom stereocenters. The monoisotopic (exact) mass is 316 g/mol. The second kappa shape index (κ2) is 8.19. The molecule has 0 unspecified atom stereocenters. The van der Waals surface area contributed by atoms with Crippen molar-refractivity contribution >= 4 is 20.3 Å². The summed E-state index contributed by atoms with van der Waals surface area (Å²) in [5, 5.41) is 4.94. The third-order valence-corrected chi connectivity index (χ3v) is 8.07. The van der Waals surface area contributed by atoms with Gasteiger partial charge in [0.05, 0.1) is 20.0 Å². The highest BCUT2D eigenvalue weighted by Crippen LogP contribution is 2.36. The first kappa shape index (κ1) is 19.7. The van der Waals surface area contributed by atoms with E-state index < -0.39 is 20.3 Å². The van der Waals surface area contributed by atoms with Gasteiger partial charge in [0.1, 0.15) is 0 Å². The highest BCUT2D eigenvalue weighted by molar-refractivity contribution is 6.74. The average Bonchev–Trinajstić information content (AvgIpc) is 2.33. The molecule has 7 heteroatoms. The van der Waals surface area contributed by atoms with Gasteiger partial charge < -0.3 is 14.5 Å². The third-order valence-electron chi connectivity index (χ3n) is 3.54. The molecule has 6 nitrogen and oxygen atoms in total. The van der Waals surface area contributed by atoms with Crippen LogP contribution in [0.5, 0.6) is 0 Å². The molecule has 21 heavy (non-hydrogen) atoms. The van der Waals surface area contributed by atoms with Crippen molar-refractivity contribution in [1.82, 2.24) is 10.6 Å². The van der Waals surface area contributed by atoms with Crippen LogP contribution in [0.15, 0.2) is 11.8 Å². The predicted octanol–water partition coefficient (Wildman–Crippen LogP) is 2.38. The lowest BCUT2D eigenvalue weighted by molar-refractivity contribution is -0.116. The molecule has 122 valence electrons. The fourth-order valence-electron chi connectivity index (χ4n) is 1.16. The highest BCUT2D eigenvalue weighted by Gasteiger charge is 2.36. The minimum Gasteiger partial charge on any atom is -0.504 e. The second-order valence-corrected chi connectivity index (χ2v) is 11.2. The summed E-state index contributed by atoms with van der Waals surface area (Å²) in [5.41, 5.74) is 0.324. The van der Waals surface area contributed by atoms with Crippen LogP contribution in [0.1, 0.15) is 27.7 Å². The van der Waals surface area contributed by atoms with Gasteiger partial charge in [0.2, 0.25) is 0 Å². The molecular formula is C14H28N2O4Si. The van der Waals surface area contributed by atoms with Gasteiger partial charge in [-0.1, -0.05) is 20.8 Å². The fourth-order valence-corrected chi connectivity index (χ4v) is 2.21. The quantitative estimate of drug-likeness (QED) is 0.341. The summed E-state index contributed by atoms with van der Waals surface area (Å²) in [7, 11) is -0.362. The SMILES string of the molecule is COC=C(C)C(=O)NC(=O)NCCO[Si](C)(C)C(C)(C)C. The summed E-state index contributed by atoms with van der Waals surface area (Å²) in [5.74, 6) is -0.486. The molecule has 2 N–H and O–H groups in total. The molecule has 0 aliphatic heterocycles. The largest absolute Gasteiger partial charge is 0.504 e. The Kier molecular flexibility index (Phi) is 7.66. The van der Waals surface area contributed by atoms with Gasteiger partial charge >= 0.3 is 6.03 Å². The molecule has 0 aliphatic carbocycles. The van der Waals surface area contributed by atoms with Crippen LogP contribution in [-0.4, -0.2) is 40.5 Å². The van der Waals surface area contributed by atoms with E-state index in [1.807, 2.05) is 0 Å². The lowest BCUT2D eigenvalue weighted by atomic mass is 10.2. The number of carbonyl (C=O) groups is 2. The molecule has 0 heterocycles. The number of hydrogen-bond acceptors (Lipinski definition) is 4. The number of rotatable bonds is 6.